The Morgan fingerprint density at radius 3 is 2.70 bits per heavy atom. The molecule has 27 heavy (non-hydrogen) atoms. The summed E-state index contributed by atoms with van der Waals surface area (Å²) in [5, 5.41) is 1.28. The van der Waals surface area contributed by atoms with Crippen LogP contribution in [0.1, 0.15) is 23.1 Å². The number of H-pyrrole nitrogens is 1. The summed E-state index contributed by atoms with van der Waals surface area (Å²) in [5.41, 5.74) is 7.96. The van der Waals surface area contributed by atoms with E-state index in [0.29, 0.717) is 0 Å². The van der Waals surface area contributed by atoms with E-state index < -0.39 is 0 Å². The van der Waals surface area contributed by atoms with Crippen LogP contribution in [0, 0.1) is 0 Å². The normalized spacial score (nSPS) is 18.8. The first-order valence-corrected chi connectivity index (χ1v) is 9.77. The Balaban J connectivity index is 1.47. The van der Waals surface area contributed by atoms with Crippen LogP contribution in [0.4, 0.5) is 0 Å². The molecule has 0 bridgehead atoms. The summed E-state index contributed by atoms with van der Waals surface area (Å²) >= 11 is 0. The van der Waals surface area contributed by atoms with Gasteiger partial charge in [0.05, 0.1) is 13.2 Å². The monoisotopic (exact) mass is 356 g/mol. The van der Waals surface area contributed by atoms with Crippen LogP contribution >= 0.6 is 0 Å². The first-order chi connectivity index (χ1) is 13.4. The maximum Gasteiger partial charge on any atom is 0.0594 e. The second kappa shape index (κ2) is 7.18. The molecule has 136 valence electrons. The zero-order chi connectivity index (χ0) is 18.1. The Labute approximate surface area is 160 Å². The summed E-state index contributed by atoms with van der Waals surface area (Å²) in [5.74, 6) is 0. The number of nitrogens with zero attached hydrogens (tertiary/aromatic N) is 1. The summed E-state index contributed by atoms with van der Waals surface area (Å²) in [6, 6.07) is 17.4. The molecule has 3 nitrogen and oxygen atoms in total. The van der Waals surface area contributed by atoms with E-state index in [4.69, 9.17) is 4.74 Å². The van der Waals surface area contributed by atoms with Gasteiger partial charge < -0.3 is 9.72 Å². The molecule has 0 atom stereocenters. The zero-order valence-corrected chi connectivity index (χ0v) is 15.4. The van der Waals surface area contributed by atoms with E-state index in [2.05, 4.69) is 70.6 Å². The molecule has 1 N–H and O–H groups in total. The van der Waals surface area contributed by atoms with Gasteiger partial charge in [0.15, 0.2) is 0 Å². The molecule has 0 unspecified atom stereocenters. The number of rotatable bonds is 4. The number of ether oxygens (including phenoxy) is 1. The number of fused-ring (bicyclic) bond motifs is 2. The lowest BCUT2D eigenvalue weighted by atomic mass is 10.0. The molecule has 0 radical (unpaired) electrons. The molecule has 2 aromatic carbocycles. The Morgan fingerprint density at radius 2 is 1.81 bits per heavy atom. The molecule has 1 fully saturated rings. The topological polar surface area (TPSA) is 28.3 Å². The van der Waals surface area contributed by atoms with Gasteiger partial charge in [0, 0.05) is 36.7 Å². The van der Waals surface area contributed by atoms with Gasteiger partial charge in [0.2, 0.25) is 0 Å². The predicted octanol–water partition coefficient (Wildman–Crippen LogP) is 4.83. The summed E-state index contributed by atoms with van der Waals surface area (Å²) in [7, 11) is 0. The predicted molar refractivity (Wildman–Crippen MR) is 112 cm³/mol. The second-order valence-corrected chi connectivity index (χ2v) is 7.30. The Morgan fingerprint density at radius 1 is 0.963 bits per heavy atom. The zero-order valence-electron chi connectivity index (χ0n) is 15.4. The van der Waals surface area contributed by atoms with Crippen molar-refractivity contribution in [2.75, 3.05) is 32.8 Å². The van der Waals surface area contributed by atoms with Crippen LogP contribution in [0.15, 0.2) is 60.8 Å². The second-order valence-electron chi connectivity index (χ2n) is 7.30. The minimum atomic E-state index is 0.863. The van der Waals surface area contributed by atoms with Gasteiger partial charge in [-0.15, -0.1) is 0 Å². The van der Waals surface area contributed by atoms with Crippen molar-refractivity contribution in [1.29, 1.82) is 0 Å². The van der Waals surface area contributed by atoms with Crippen molar-refractivity contribution in [3.63, 3.8) is 0 Å². The quantitative estimate of drug-likeness (QED) is 0.725. The highest BCUT2D eigenvalue weighted by molar-refractivity contribution is 6.04. The van der Waals surface area contributed by atoms with Crippen molar-refractivity contribution in [1.82, 2.24) is 9.88 Å². The molecule has 0 spiro atoms. The molecule has 5 rings (SSSR count). The highest BCUT2D eigenvalue weighted by Crippen LogP contribution is 2.38. The first kappa shape index (κ1) is 16.5. The number of morpholine rings is 1. The fourth-order valence-electron chi connectivity index (χ4n) is 4.19. The minimum absolute atomic E-state index is 0.863. The standard InChI is InChI=1S/C24H24N2O/c1-2-6-22-20(16-18-4-3-7-24-23(18)8-10-25-24)17-19(21(22)5-1)9-11-26-12-14-27-15-13-26/h1-8,10,16-17,25H,9,11-15H2. The van der Waals surface area contributed by atoms with Crippen LogP contribution < -0.4 is 0 Å². The van der Waals surface area contributed by atoms with Gasteiger partial charge in [0.25, 0.3) is 0 Å². The van der Waals surface area contributed by atoms with Crippen molar-refractivity contribution in [2.45, 2.75) is 6.42 Å². The third-order valence-electron chi connectivity index (χ3n) is 5.65. The van der Waals surface area contributed by atoms with Crippen molar-refractivity contribution in [3.8, 4) is 0 Å². The van der Waals surface area contributed by atoms with Gasteiger partial charge in [-0.25, -0.2) is 0 Å². The van der Waals surface area contributed by atoms with E-state index in [1.165, 1.54) is 38.7 Å². The lowest BCUT2D eigenvalue weighted by Gasteiger charge is -2.26. The highest BCUT2D eigenvalue weighted by Gasteiger charge is 2.19. The molecule has 3 heteroatoms. The molecule has 1 aromatic heterocycles. The summed E-state index contributed by atoms with van der Waals surface area (Å²) in [6.45, 7) is 4.92. The fraction of sp³-hybridized carbons (Fsp3) is 0.250. The molecule has 1 aliphatic heterocycles. The molecule has 1 aliphatic carbocycles. The fourth-order valence-corrected chi connectivity index (χ4v) is 4.19. The average Bonchev–Trinajstić information content (AvgIpc) is 3.33. The van der Waals surface area contributed by atoms with Crippen molar-refractivity contribution in [3.05, 3.63) is 77.5 Å². The number of nitrogens with one attached hydrogen (secondary N) is 1. The number of hydrogen-bond acceptors (Lipinski definition) is 2. The molecule has 3 aromatic rings. The number of aromatic nitrogens is 1. The minimum Gasteiger partial charge on any atom is -0.379 e. The van der Waals surface area contributed by atoms with Crippen molar-refractivity contribution < 1.29 is 4.74 Å². The van der Waals surface area contributed by atoms with Crippen LogP contribution in [-0.2, 0) is 4.74 Å². The molecular weight excluding hydrogens is 332 g/mol. The van der Waals surface area contributed by atoms with E-state index in [9.17, 15) is 0 Å². The first-order valence-electron chi connectivity index (χ1n) is 9.77. The van der Waals surface area contributed by atoms with Gasteiger partial charge >= 0.3 is 0 Å². The van der Waals surface area contributed by atoms with Crippen molar-refractivity contribution in [2.24, 2.45) is 0 Å². The van der Waals surface area contributed by atoms with Gasteiger partial charge in [-0.05, 0) is 52.5 Å². The van der Waals surface area contributed by atoms with Gasteiger partial charge in [-0.1, -0.05) is 42.5 Å². The van der Waals surface area contributed by atoms with Gasteiger partial charge in [0.1, 0.15) is 0 Å². The number of hydrogen-bond donors (Lipinski definition) is 1. The Kier molecular flexibility index (Phi) is 4.40. The summed E-state index contributed by atoms with van der Waals surface area (Å²) in [6.07, 6.45) is 7.81. The Hall–Kier alpha value is -2.62. The molecule has 0 saturated carbocycles. The molecule has 1 saturated heterocycles. The Bertz CT molecular complexity index is 1020. The molecule has 2 aliphatic rings. The van der Waals surface area contributed by atoms with Gasteiger partial charge in [-0.3, -0.25) is 4.90 Å². The smallest absolute Gasteiger partial charge is 0.0594 e. The van der Waals surface area contributed by atoms with Crippen molar-refractivity contribution >= 4 is 28.1 Å². The van der Waals surface area contributed by atoms with Crippen LogP contribution in [0.2, 0.25) is 0 Å². The highest BCUT2D eigenvalue weighted by atomic mass is 16.5. The number of benzene rings is 2. The van der Waals surface area contributed by atoms with Crippen LogP contribution in [0.25, 0.3) is 28.1 Å². The lowest BCUT2D eigenvalue weighted by Crippen LogP contribution is -2.36. The maximum atomic E-state index is 5.47. The van der Waals surface area contributed by atoms with E-state index >= 15 is 0 Å². The van der Waals surface area contributed by atoms with Crippen LogP contribution in [-0.4, -0.2) is 42.7 Å². The SMILES string of the molecule is C(=C1C=C(CCN2CCOCC2)c2ccccc21)c1cccc2[nH]ccc12. The van der Waals surface area contributed by atoms with Gasteiger partial charge in [-0.2, -0.15) is 0 Å². The average molecular weight is 356 g/mol. The number of aromatic amines is 1. The van der Waals surface area contributed by atoms with E-state index in [0.717, 1.165) is 39.3 Å². The van der Waals surface area contributed by atoms with Crippen LogP contribution in [0.3, 0.4) is 0 Å². The maximum absolute atomic E-state index is 5.47. The third-order valence-corrected chi connectivity index (χ3v) is 5.65. The largest absolute Gasteiger partial charge is 0.379 e. The molecule has 0 amide bonds. The third kappa shape index (κ3) is 3.25. The molecular formula is C24H24N2O. The lowest BCUT2D eigenvalue weighted by molar-refractivity contribution is 0.0390. The van der Waals surface area contributed by atoms with Crippen LogP contribution in [0.5, 0.6) is 0 Å². The van der Waals surface area contributed by atoms with E-state index in [1.54, 1.807) is 0 Å². The number of allylic oxidation sites excluding steroid dienone is 2. The summed E-state index contributed by atoms with van der Waals surface area (Å²) in [4.78, 5) is 5.82. The van der Waals surface area contributed by atoms with E-state index in [-0.39, 0.29) is 0 Å². The van der Waals surface area contributed by atoms with E-state index in [1.807, 2.05) is 6.20 Å². The molecule has 2 heterocycles. The summed E-state index contributed by atoms with van der Waals surface area (Å²) < 4.78 is 5.47.